The first-order valence-corrected chi connectivity index (χ1v) is 12.2. The summed E-state index contributed by atoms with van der Waals surface area (Å²) in [7, 11) is -4.04. The van der Waals surface area contributed by atoms with Crippen LogP contribution in [0.1, 0.15) is 84.0 Å². The topological polar surface area (TPSA) is 89.5 Å². The van der Waals surface area contributed by atoms with E-state index in [9.17, 15) is 18.0 Å². The summed E-state index contributed by atoms with van der Waals surface area (Å²) in [5.41, 5.74) is 0. The molecule has 0 bridgehead atoms. The monoisotopic (exact) mass is 425 g/mol. The smallest absolute Gasteiger partial charge is 0.341 e. The highest BCUT2D eigenvalue weighted by molar-refractivity contribution is 7.87. The van der Waals surface area contributed by atoms with E-state index in [0.717, 1.165) is 25.7 Å². The highest BCUT2D eigenvalue weighted by atomic mass is 32.2. The van der Waals surface area contributed by atoms with Gasteiger partial charge in [-0.3, -0.25) is 9.59 Å². The molecule has 1 aromatic carbocycles. The molecule has 0 heterocycles. The Labute approximate surface area is 175 Å². The van der Waals surface area contributed by atoms with E-state index in [4.69, 9.17) is 0 Å². The molecule has 0 atom stereocenters. The van der Waals surface area contributed by atoms with Gasteiger partial charge < -0.3 is 9.50 Å². The molecule has 0 fully saturated rings. The number of unbranched alkanes of at least 4 members (excludes halogenated alkanes) is 8. The summed E-state index contributed by atoms with van der Waals surface area (Å²) >= 11 is 0. The zero-order valence-electron chi connectivity index (χ0n) is 17.5. The summed E-state index contributed by atoms with van der Waals surface area (Å²) in [6.07, 6.45) is 10.9. The molecule has 1 rings (SSSR count). The van der Waals surface area contributed by atoms with Gasteiger partial charge in [-0.1, -0.05) is 70.1 Å². The van der Waals surface area contributed by atoms with Crippen LogP contribution < -0.4 is 5.32 Å². The molecule has 0 saturated carbocycles. The molecule has 0 unspecified atom stereocenters. The molecule has 0 saturated heterocycles. The van der Waals surface area contributed by atoms with Crippen LogP contribution in [0.5, 0.6) is 0 Å². The van der Waals surface area contributed by atoms with Crippen molar-refractivity contribution in [2.45, 2.75) is 88.9 Å². The van der Waals surface area contributed by atoms with E-state index in [0.29, 0.717) is 19.4 Å². The van der Waals surface area contributed by atoms with Crippen LogP contribution >= 0.6 is 0 Å². The van der Waals surface area contributed by atoms with Gasteiger partial charge in [0.2, 0.25) is 5.91 Å². The molecule has 6 nitrogen and oxygen atoms in total. The molecule has 0 radical (unpaired) electrons. The fourth-order valence-electron chi connectivity index (χ4n) is 2.93. The van der Waals surface area contributed by atoms with Crippen molar-refractivity contribution in [1.82, 2.24) is 5.32 Å². The Kier molecular flexibility index (Phi) is 13.0. The maximum Gasteiger partial charge on any atom is 0.341 e. The lowest BCUT2D eigenvalue weighted by molar-refractivity contribution is -0.134. The summed E-state index contributed by atoms with van der Waals surface area (Å²) in [6, 6.07) is 7.61. The van der Waals surface area contributed by atoms with Crippen LogP contribution in [0.3, 0.4) is 0 Å². The normalized spacial score (nSPS) is 11.2. The number of carbonyl (C=O) groups excluding carboxylic acids is 2. The highest BCUT2D eigenvalue weighted by Crippen LogP contribution is 2.13. The van der Waals surface area contributed by atoms with Gasteiger partial charge in [-0.15, -0.1) is 0 Å². The Morgan fingerprint density at radius 1 is 0.828 bits per heavy atom. The second-order valence-electron chi connectivity index (χ2n) is 7.25. The van der Waals surface area contributed by atoms with Crippen molar-refractivity contribution >= 4 is 22.0 Å². The van der Waals surface area contributed by atoms with Gasteiger partial charge in [0, 0.05) is 19.4 Å². The molecule has 0 aliphatic heterocycles. The Hall–Kier alpha value is -1.89. The van der Waals surface area contributed by atoms with Crippen molar-refractivity contribution in [2.75, 3.05) is 6.54 Å². The molecule has 1 aromatic rings. The van der Waals surface area contributed by atoms with Gasteiger partial charge in [0.05, 0.1) is 0 Å². The maximum atomic E-state index is 11.9. The zero-order valence-corrected chi connectivity index (χ0v) is 18.3. The van der Waals surface area contributed by atoms with E-state index in [1.165, 1.54) is 44.2 Å². The SMILES string of the molecule is CCCCCCCCCC(=O)NCCCCCC(=O)OS(=O)(=O)c1ccccc1. The lowest BCUT2D eigenvalue weighted by Crippen LogP contribution is -2.24. The second-order valence-corrected chi connectivity index (χ2v) is 8.80. The number of rotatable bonds is 16. The van der Waals surface area contributed by atoms with Gasteiger partial charge in [-0.05, 0) is 31.4 Å². The lowest BCUT2D eigenvalue weighted by Gasteiger charge is -2.06. The largest absolute Gasteiger partial charge is 0.356 e. The fraction of sp³-hybridized carbons (Fsp3) is 0.636. The maximum absolute atomic E-state index is 11.9. The van der Waals surface area contributed by atoms with Gasteiger partial charge in [-0.25, -0.2) is 0 Å². The van der Waals surface area contributed by atoms with Gasteiger partial charge >= 0.3 is 16.1 Å². The number of benzene rings is 1. The van der Waals surface area contributed by atoms with Crippen molar-refractivity contribution in [3.05, 3.63) is 30.3 Å². The number of amides is 1. The summed E-state index contributed by atoms with van der Waals surface area (Å²) < 4.78 is 28.5. The standard InChI is InChI=1S/C22H35NO5S/c1-2-3-4-5-6-7-12-17-21(24)23-19-14-9-13-18-22(25)28-29(26,27)20-15-10-8-11-16-20/h8,10-11,15-16H,2-7,9,12-14,17-19H2,1H3,(H,23,24). The number of nitrogens with one attached hydrogen (secondary N) is 1. The summed E-state index contributed by atoms with van der Waals surface area (Å²) in [5.74, 6) is -0.677. The number of hydrogen-bond acceptors (Lipinski definition) is 5. The van der Waals surface area contributed by atoms with Crippen LogP contribution in [0, 0.1) is 0 Å². The number of carbonyl (C=O) groups is 2. The van der Waals surface area contributed by atoms with E-state index in [-0.39, 0.29) is 17.2 Å². The van der Waals surface area contributed by atoms with E-state index < -0.39 is 16.1 Å². The summed E-state index contributed by atoms with van der Waals surface area (Å²) in [4.78, 5) is 23.5. The molecule has 1 N–H and O–H groups in total. The lowest BCUT2D eigenvalue weighted by atomic mass is 10.1. The third-order valence-corrected chi connectivity index (χ3v) is 5.88. The Morgan fingerprint density at radius 2 is 1.41 bits per heavy atom. The van der Waals surface area contributed by atoms with Crippen molar-refractivity contribution in [2.24, 2.45) is 0 Å². The minimum absolute atomic E-state index is 0.0305. The second kappa shape index (κ2) is 15.0. The molecule has 0 aliphatic carbocycles. The molecular weight excluding hydrogens is 390 g/mol. The minimum atomic E-state index is -4.04. The van der Waals surface area contributed by atoms with Crippen LogP contribution in [0.25, 0.3) is 0 Å². The fourth-order valence-corrected chi connectivity index (χ4v) is 3.84. The van der Waals surface area contributed by atoms with Crippen LogP contribution in [0.4, 0.5) is 0 Å². The predicted molar refractivity (Wildman–Crippen MR) is 114 cm³/mol. The summed E-state index contributed by atoms with van der Waals surface area (Å²) in [6.45, 7) is 2.78. The highest BCUT2D eigenvalue weighted by Gasteiger charge is 2.19. The Balaban J connectivity index is 2.02. The molecule has 0 aromatic heterocycles. The average Bonchev–Trinajstić information content (AvgIpc) is 2.70. The van der Waals surface area contributed by atoms with Crippen molar-refractivity contribution in [1.29, 1.82) is 0 Å². The zero-order chi connectivity index (χ0) is 21.4. The first kappa shape index (κ1) is 25.1. The van der Waals surface area contributed by atoms with Gasteiger partial charge in [0.25, 0.3) is 0 Å². The van der Waals surface area contributed by atoms with E-state index in [2.05, 4.69) is 16.4 Å². The molecular formula is C22H35NO5S. The number of hydrogen-bond donors (Lipinski definition) is 1. The third kappa shape index (κ3) is 12.3. The van der Waals surface area contributed by atoms with Crippen LogP contribution in [-0.2, 0) is 23.9 Å². The Morgan fingerprint density at radius 3 is 2.10 bits per heavy atom. The van der Waals surface area contributed by atoms with E-state index >= 15 is 0 Å². The third-order valence-electron chi connectivity index (χ3n) is 4.62. The van der Waals surface area contributed by atoms with Crippen LogP contribution in [0.2, 0.25) is 0 Å². The van der Waals surface area contributed by atoms with Crippen LogP contribution in [-0.4, -0.2) is 26.8 Å². The molecule has 0 spiro atoms. The van der Waals surface area contributed by atoms with Gasteiger partial charge in [-0.2, -0.15) is 8.42 Å². The van der Waals surface area contributed by atoms with Gasteiger partial charge in [0.15, 0.2) is 0 Å². The first-order valence-electron chi connectivity index (χ1n) is 10.7. The molecule has 0 aliphatic rings. The van der Waals surface area contributed by atoms with E-state index in [1.807, 2.05) is 0 Å². The molecule has 7 heteroatoms. The van der Waals surface area contributed by atoms with Crippen molar-refractivity contribution in [3.8, 4) is 0 Å². The molecule has 29 heavy (non-hydrogen) atoms. The Bertz CT molecular complexity index is 688. The van der Waals surface area contributed by atoms with E-state index in [1.54, 1.807) is 18.2 Å². The van der Waals surface area contributed by atoms with Crippen molar-refractivity contribution in [3.63, 3.8) is 0 Å². The van der Waals surface area contributed by atoms with Crippen LogP contribution in [0.15, 0.2) is 35.2 Å². The quantitative estimate of drug-likeness (QED) is 0.305. The average molecular weight is 426 g/mol. The van der Waals surface area contributed by atoms with Crippen molar-refractivity contribution < 1.29 is 22.2 Å². The molecule has 1 amide bonds. The minimum Gasteiger partial charge on any atom is -0.356 e. The predicted octanol–water partition coefficient (Wildman–Crippen LogP) is 4.74. The first-order chi connectivity index (χ1) is 14.0. The summed E-state index contributed by atoms with van der Waals surface area (Å²) in [5, 5.41) is 2.89. The molecule has 164 valence electrons. The van der Waals surface area contributed by atoms with Gasteiger partial charge in [0.1, 0.15) is 4.90 Å².